The molecule has 0 saturated carbocycles. The molecule has 1 nitrogen and oxygen atoms in total. The molecule has 0 atom stereocenters. The van der Waals surface area contributed by atoms with Crippen LogP contribution >= 0.6 is 0 Å². The van der Waals surface area contributed by atoms with Gasteiger partial charge in [0.1, 0.15) is 0 Å². The molecule has 0 saturated heterocycles. The molecule has 0 aliphatic rings. The first kappa shape index (κ1) is 8.87. The van der Waals surface area contributed by atoms with E-state index in [9.17, 15) is 0 Å². The summed E-state index contributed by atoms with van der Waals surface area (Å²) >= 11 is 0.877. The molecule has 0 amide bonds. The van der Waals surface area contributed by atoms with Crippen LogP contribution in [0.1, 0.15) is 0 Å². The fraction of sp³-hybridized carbons (Fsp3) is 0. The van der Waals surface area contributed by atoms with Crippen molar-refractivity contribution in [1.82, 2.24) is 4.98 Å². The van der Waals surface area contributed by atoms with E-state index in [0.717, 1.165) is 31.5 Å². The molecule has 0 aliphatic heterocycles. The van der Waals surface area contributed by atoms with E-state index < -0.39 is 0 Å². The van der Waals surface area contributed by atoms with Crippen molar-refractivity contribution in [3.05, 3.63) is 48.7 Å². The second-order valence-corrected chi connectivity index (χ2v) is 5.43. The van der Waals surface area contributed by atoms with E-state index in [-0.39, 0.29) is 0 Å². The van der Waals surface area contributed by atoms with E-state index >= 15 is 0 Å². The van der Waals surface area contributed by atoms with E-state index in [2.05, 4.69) is 29.2 Å². The van der Waals surface area contributed by atoms with Crippen LogP contribution in [0.15, 0.2) is 48.7 Å². The zero-order chi connectivity index (χ0) is 9.10. The molecule has 1 heterocycles. The maximum absolute atomic E-state index is 4.39. The van der Waals surface area contributed by atoms with Crippen molar-refractivity contribution in [2.24, 2.45) is 0 Å². The second kappa shape index (κ2) is 4.00. The quantitative estimate of drug-likeness (QED) is 0.705. The van der Waals surface area contributed by atoms with Gasteiger partial charge in [-0.3, -0.25) is 0 Å². The topological polar surface area (TPSA) is 12.9 Å². The molecule has 0 fully saturated rings. The molecule has 0 radical (unpaired) electrons. The van der Waals surface area contributed by atoms with E-state index in [1.807, 2.05) is 24.4 Å². The first-order valence-electron chi connectivity index (χ1n) is 4.13. The summed E-state index contributed by atoms with van der Waals surface area (Å²) in [5.41, 5.74) is 2.25. The Morgan fingerprint density at radius 3 is 2.31 bits per heavy atom. The minimum absolute atomic E-state index is 0.877. The van der Waals surface area contributed by atoms with Crippen molar-refractivity contribution in [3.8, 4) is 11.3 Å². The van der Waals surface area contributed by atoms with Gasteiger partial charge in [0.15, 0.2) is 0 Å². The number of hydrogen-bond acceptors (Lipinski definition) is 1. The summed E-state index contributed by atoms with van der Waals surface area (Å²) in [5, 5.41) is 0. The molecule has 2 rings (SSSR count). The van der Waals surface area contributed by atoms with Gasteiger partial charge in [-0.2, -0.15) is 0 Å². The van der Waals surface area contributed by atoms with Crippen molar-refractivity contribution in [2.45, 2.75) is 0 Å². The Balaban J connectivity index is 2.42. The number of rotatable bonds is 1. The molecule has 0 bridgehead atoms. The summed E-state index contributed by atoms with van der Waals surface area (Å²) in [6, 6.07) is 14.5. The number of pyridine rings is 1. The van der Waals surface area contributed by atoms with Gasteiger partial charge < -0.3 is 0 Å². The summed E-state index contributed by atoms with van der Waals surface area (Å²) in [5.74, 6) is 0. The van der Waals surface area contributed by atoms with Crippen molar-refractivity contribution in [1.29, 1.82) is 0 Å². The summed E-state index contributed by atoms with van der Waals surface area (Å²) in [6.45, 7) is 0. The Kier molecular flexibility index (Phi) is 2.73. The summed E-state index contributed by atoms with van der Waals surface area (Å²) < 4.78 is 1.36. The molecule has 0 spiro atoms. The van der Waals surface area contributed by atoms with Gasteiger partial charge in [0.05, 0.1) is 0 Å². The van der Waals surface area contributed by atoms with Gasteiger partial charge in [0.2, 0.25) is 0 Å². The van der Waals surface area contributed by atoms with E-state index in [1.54, 1.807) is 0 Å². The molecule has 2 heteroatoms. The zero-order valence-electron chi connectivity index (χ0n) is 7.14. The third-order valence-corrected chi connectivity index (χ3v) is 3.18. The SMILES string of the molecule is [Tl][c]1ccc(-c2ccccc2)nc1. The summed E-state index contributed by atoms with van der Waals surface area (Å²) in [4.78, 5) is 4.39. The maximum atomic E-state index is 4.39. The Morgan fingerprint density at radius 1 is 0.923 bits per heavy atom. The standard InChI is InChI=1S/C11H8N.Tl/c1-2-6-10(7-3-1)11-8-4-5-9-12-11;/h1-4,6-9H;. The van der Waals surface area contributed by atoms with Gasteiger partial charge in [-0.05, 0) is 0 Å². The first-order valence-corrected chi connectivity index (χ1v) is 6.37. The molecular formula is C11H8NTl. The molecule has 1 aromatic carbocycles. The molecule has 0 unspecified atom stereocenters. The second-order valence-electron chi connectivity index (χ2n) is 2.84. The van der Waals surface area contributed by atoms with Crippen LogP contribution in [-0.4, -0.2) is 30.8 Å². The van der Waals surface area contributed by atoms with E-state index in [0.29, 0.717) is 0 Å². The molecule has 1 aromatic heterocycles. The van der Waals surface area contributed by atoms with Gasteiger partial charge in [-0.25, -0.2) is 0 Å². The van der Waals surface area contributed by atoms with Crippen LogP contribution in [0.2, 0.25) is 0 Å². The average molecular weight is 359 g/mol. The van der Waals surface area contributed by atoms with Crippen molar-refractivity contribution in [3.63, 3.8) is 0 Å². The fourth-order valence-corrected chi connectivity index (χ4v) is 1.85. The van der Waals surface area contributed by atoms with Crippen LogP contribution < -0.4 is 3.12 Å². The minimum atomic E-state index is 0.877. The van der Waals surface area contributed by atoms with Gasteiger partial charge in [-0.1, -0.05) is 0 Å². The van der Waals surface area contributed by atoms with Crippen LogP contribution in [0.5, 0.6) is 0 Å². The Bertz CT molecular complexity index is 381. The van der Waals surface area contributed by atoms with E-state index in [1.165, 1.54) is 8.69 Å². The van der Waals surface area contributed by atoms with Crippen LogP contribution in [0.4, 0.5) is 0 Å². The number of hydrogen-bond donors (Lipinski definition) is 0. The molecule has 0 aliphatic carbocycles. The van der Waals surface area contributed by atoms with Crippen LogP contribution in [0.25, 0.3) is 11.3 Å². The summed E-state index contributed by atoms with van der Waals surface area (Å²) in [6.07, 6.45) is 1.97. The molecular weight excluding hydrogens is 351 g/mol. The third kappa shape index (κ3) is 2.15. The van der Waals surface area contributed by atoms with Gasteiger partial charge in [-0.15, -0.1) is 0 Å². The Labute approximate surface area is 93.5 Å². The monoisotopic (exact) mass is 359 g/mol. The van der Waals surface area contributed by atoms with Crippen molar-refractivity contribution in [2.75, 3.05) is 0 Å². The van der Waals surface area contributed by atoms with Gasteiger partial charge in [0.25, 0.3) is 0 Å². The fourth-order valence-electron chi connectivity index (χ4n) is 1.18. The van der Waals surface area contributed by atoms with Crippen LogP contribution in [0, 0.1) is 0 Å². The predicted molar refractivity (Wildman–Crippen MR) is 55.1 cm³/mol. The first-order chi connectivity index (χ1) is 6.36. The Hall–Kier alpha value is -0.708. The number of benzene rings is 1. The average Bonchev–Trinajstić information content (AvgIpc) is 2.20. The zero-order valence-corrected chi connectivity index (χ0v) is 11.6. The van der Waals surface area contributed by atoms with Crippen molar-refractivity contribution < 1.29 is 0 Å². The van der Waals surface area contributed by atoms with Gasteiger partial charge in [0, 0.05) is 0 Å². The number of aromatic nitrogens is 1. The molecule has 0 N–H and O–H groups in total. The molecule has 2 aromatic rings. The normalized spacial score (nSPS) is 9.77. The summed E-state index contributed by atoms with van der Waals surface area (Å²) in [7, 11) is 0. The van der Waals surface area contributed by atoms with Crippen LogP contribution in [0.3, 0.4) is 0 Å². The van der Waals surface area contributed by atoms with E-state index in [4.69, 9.17) is 0 Å². The van der Waals surface area contributed by atoms with Crippen LogP contribution in [-0.2, 0) is 0 Å². The molecule has 60 valence electrons. The van der Waals surface area contributed by atoms with Gasteiger partial charge >= 0.3 is 93.8 Å². The van der Waals surface area contributed by atoms with Crippen molar-refractivity contribution >= 4 is 28.9 Å². The molecule has 13 heavy (non-hydrogen) atoms. The Morgan fingerprint density at radius 2 is 1.69 bits per heavy atom. The number of nitrogens with zero attached hydrogens (tertiary/aromatic N) is 1. The predicted octanol–water partition coefficient (Wildman–Crippen LogP) is 1.54. The third-order valence-electron chi connectivity index (χ3n) is 1.86.